The number of aromatic nitrogens is 2. The van der Waals surface area contributed by atoms with Gasteiger partial charge >= 0.3 is 0 Å². The van der Waals surface area contributed by atoms with Crippen LogP contribution in [0.4, 0.5) is 0 Å². The van der Waals surface area contributed by atoms with Gasteiger partial charge in [0.25, 0.3) is 0 Å². The molecule has 0 saturated heterocycles. The average Bonchev–Trinajstić information content (AvgIpc) is 3.22. The third kappa shape index (κ3) is 6.09. The quantitative estimate of drug-likeness (QED) is 0.128. The number of ether oxygens (including phenoxy) is 2. The molecule has 6 nitrogen and oxygen atoms in total. The van der Waals surface area contributed by atoms with Gasteiger partial charge in [0, 0.05) is 60.9 Å². The van der Waals surface area contributed by atoms with E-state index in [1.165, 1.54) is 30.7 Å². The molecule has 3 aromatic carbocycles. The first kappa shape index (κ1) is 27.7. The number of carbonyl (C=O) groups excluding carboxylic acids is 1. The predicted octanol–water partition coefficient (Wildman–Crippen LogP) is 6.70. The molecule has 0 fully saturated rings. The van der Waals surface area contributed by atoms with Gasteiger partial charge in [0.05, 0.1) is 20.0 Å². The second kappa shape index (κ2) is 12.4. The molecule has 7 heteroatoms. The molecular formula is C30H27N2O4Pt-. The third-order valence-corrected chi connectivity index (χ3v) is 5.58. The maximum absolute atomic E-state index is 10.0. The Morgan fingerprint density at radius 3 is 2.08 bits per heavy atom. The number of aliphatic hydroxyl groups is 1. The van der Waals surface area contributed by atoms with Gasteiger partial charge < -0.3 is 24.1 Å². The van der Waals surface area contributed by atoms with E-state index in [2.05, 4.69) is 64.1 Å². The normalized spacial score (nSPS) is 10.9. The fourth-order valence-electron chi connectivity index (χ4n) is 4.13. The Kier molecular flexibility index (Phi) is 9.26. The number of nitrogens with zero attached hydrogens (tertiary/aromatic N) is 2. The van der Waals surface area contributed by atoms with E-state index in [1.54, 1.807) is 20.4 Å². The Morgan fingerprint density at radius 1 is 0.946 bits per heavy atom. The zero-order valence-electron chi connectivity index (χ0n) is 21.0. The first-order chi connectivity index (χ1) is 17.4. The fraction of sp³-hybridized carbons (Fsp3) is 0.133. The number of aliphatic hydroxyl groups excluding tert-OH is 1. The van der Waals surface area contributed by atoms with Gasteiger partial charge in [-0.3, -0.25) is 4.79 Å². The molecule has 192 valence electrons. The minimum absolute atomic E-state index is 0. The van der Waals surface area contributed by atoms with Crippen molar-refractivity contribution in [1.29, 1.82) is 0 Å². The van der Waals surface area contributed by atoms with Crippen molar-refractivity contribution in [1.82, 2.24) is 9.55 Å². The summed E-state index contributed by atoms with van der Waals surface area (Å²) >= 11 is 0. The number of methoxy groups -OCH3 is 2. The van der Waals surface area contributed by atoms with Crippen molar-refractivity contribution in [3.05, 3.63) is 96.9 Å². The van der Waals surface area contributed by atoms with Gasteiger partial charge in [-0.25, -0.2) is 0 Å². The monoisotopic (exact) mass is 674 g/mol. The maximum Gasteiger partial charge on any atom is 0.155 e. The van der Waals surface area contributed by atoms with Crippen LogP contribution in [0.15, 0.2) is 90.8 Å². The molecule has 0 amide bonds. The standard InChI is InChI=1S/C25H19N2O2.C5H8O2.Pt/c1-28-18-13-14-26-22(16-18)21-12-11-17(15-25(21)29-2)27-23-9-5-3-7-19(23)20-8-4-6-10-24(20)27;1-4(6)3-5(2)7;/h3-11,13-16H,1-2H3;3,6H,1-2H3;/q-1;;/b;4-3-;. The third-order valence-electron chi connectivity index (χ3n) is 5.58. The van der Waals surface area contributed by atoms with Crippen LogP contribution in [-0.4, -0.2) is 34.7 Å². The minimum atomic E-state index is -0.125. The Bertz CT molecular complexity index is 1520. The van der Waals surface area contributed by atoms with E-state index in [-0.39, 0.29) is 32.6 Å². The van der Waals surface area contributed by atoms with Crippen LogP contribution in [-0.2, 0) is 25.9 Å². The number of allylic oxidation sites excluding steroid dienone is 2. The van der Waals surface area contributed by atoms with Gasteiger partial charge in [-0.2, -0.15) is 0 Å². The van der Waals surface area contributed by atoms with E-state index >= 15 is 0 Å². The zero-order valence-corrected chi connectivity index (χ0v) is 23.2. The predicted molar refractivity (Wildman–Crippen MR) is 143 cm³/mol. The molecule has 0 aliphatic heterocycles. The van der Waals surface area contributed by atoms with Crippen molar-refractivity contribution >= 4 is 27.6 Å². The van der Waals surface area contributed by atoms with Crippen LogP contribution in [0.1, 0.15) is 13.8 Å². The molecule has 0 saturated carbocycles. The molecule has 1 N–H and O–H groups in total. The SMILES string of the molecule is CC(=O)/C=C(/C)O.COc1ccnc(-c2[c-]cc(-n3c4ccccc4c4ccccc43)cc2OC)c1.[Pt]. The van der Waals surface area contributed by atoms with Gasteiger partial charge in [0.1, 0.15) is 5.75 Å². The van der Waals surface area contributed by atoms with Gasteiger partial charge in [-0.05, 0) is 49.5 Å². The van der Waals surface area contributed by atoms with Crippen LogP contribution in [0.25, 0.3) is 38.8 Å². The Labute approximate surface area is 230 Å². The molecule has 0 atom stereocenters. The summed E-state index contributed by atoms with van der Waals surface area (Å²) < 4.78 is 13.3. The molecule has 0 aliphatic rings. The van der Waals surface area contributed by atoms with Crippen LogP contribution < -0.4 is 9.47 Å². The number of pyridine rings is 1. The fourth-order valence-corrected chi connectivity index (χ4v) is 4.13. The molecule has 0 unspecified atom stereocenters. The molecule has 0 bridgehead atoms. The second-order valence-corrected chi connectivity index (χ2v) is 8.15. The van der Waals surface area contributed by atoms with E-state index in [0.29, 0.717) is 5.75 Å². The summed E-state index contributed by atoms with van der Waals surface area (Å²) in [5, 5.41) is 10.8. The number of hydrogen-bond donors (Lipinski definition) is 1. The maximum atomic E-state index is 10.0. The van der Waals surface area contributed by atoms with Crippen molar-refractivity contribution in [2.24, 2.45) is 0 Å². The van der Waals surface area contributed by atoms with E-state index in [4.69, 9.17) is 14.6 Å². The van der Waals surface area contributed by atoms with Crippen LogP contribution in [0, 0.1) is 6.07 Å². The van der Waals surface area contributed by atoms with Gasteiger partial charge in [-0.15, -0.1) is 12.1 Å². The zero-order chi connectivity index (χ0) is 25.7. The summed E-state index contributed by atoms with van der Waals surface area (Å²) in [6, 6.07) is 28.0. The summed E-state index contributed by atoms with van der Waals surface area (Å²) in [6.45, 7) is 2.85. The average molecular weight is 675 g/mol. The number of rotatable bonds is 5. The molecule has 37 heavy (non-hydrogen) atoms. The Morgan fingerprint density at radius 2 is 1.57 bits per heavy atom. The number of benzene rings is 3. The van der Waals surface area contributed by atoms with Gasteiger partial charge in [0.15, 0.2) is 5.78 Å². The largest absolute Gasteiger partial charge is 0.540 e. The molecule has 5 rings (SSSR count). The van der Waals surface area contributed by atoms with Crippen molar-refractivity contribution < 1.29 is 40.4 Å². The van der Waals surface area contributed by atoms with Crippen molar-refractivity contribution in [3.8, 4) is 28.4 Å². The molecule has 2 aromatic heterocycles. The first-order valence-corrected chi connectivity index (χ1v) is 11.4. The number of ketones is 1. The van der Waals surface area contributed by atoms with Crippen molar-refractivity contribution in [2.45, 2.75) is 13.8 Å². The molecule has 0 radical (unpaired) electrons. The number of para-hydroxylation sites is 2. The topological polar surface area (TPSA) is 73.6 Å². The molecule has 5 aromatic rings. The van der Waals surface area contributed by atoms with Gasteiger partial charge in [-0.1, -0.05) is 48.0 Å². The van der Waals surface area contributed by atoms with E-state index in [9.17, 15) is 4.79 Å². The van der Waals surface area contributed by atoms with Crippen LogP contribution >= 0.6 is 0 Å². The number of hydrogen-bond acceptors (Lipinski definition) is 5. The Balaban J connectivity index is 0.000000422. The first-order valence-electron chi connectivity index (χ1n) is 11.4. The van der Waals surface area contributed by atoms with Gasteiger partial charge in [0.2, 0.25) is 0 Å². The van der Waals surface area contributed by atoms with Crippen LogP contribution in [0.2, 0.25) is 0 Å². The van der Waals surface area contributed by atoms with E-state index in [1.807, 2.05) is 24.3 Å². The minimum Gasteiger partial charge on any atom is -0.540 e. The van der Waals surface area contributed by atoms with Crippen LogP contribution in [0.3, 0.4) is 0 Å². The number of carbonyl (C=O) groups is 1. The van der Waals surface area contributed by atoms with E-state index < -0.39 is 0 Å². The van der Waals surface area contributed by atoms with Crippen molar-refractivity contribution in [3.63, 3.8) is 0 Å². The summed E-state index contributed by atoms with van der Waals surface area (Å²) in [5.74, 6) is 1.40. The number of fused-ring (bicyclic) bond motifs is 3. The van der Waals surface area contributed by atoms with Crippen molar-refractivity contribution in [2.75, 3.05) is 14.2 Å². The summed E-state index contributed by atoms with van der Waals surface area (Å²) in [4.78, 5) is 14.5. The smallest absolute Gasteiger partial charge is 0.155 e. The Hall–Kier alpha value is -3.89. The molecule has 0 spiro atoms. The molecular weight excluding hydrogens is 647 g/mol. The summed E-state index contributed by atoms with van der Waals surface area (Å²) in [7, 11) is 3.31. The second-order valence-electron chi connectivity index (χ2n) is 8.15. The van der Waals surface area contributed by atoms with Crippen LogP contribution in [0.5, 0.6) is 11.5 Å². The molecule has 0 aliphatic carbocycles. The van der Waals surface area contributed by atoms with E-state index in [0.717, 1.165) is 33.7 Å². The summed E-state index contributed by atoms with van der Waals surface area (Å²) in [6.07, 6.45) is 2.89. The summed E-state index contributed by atoms with van der Waals surface area (Å²) in [5.41, 5.74) is 4.85. The molecule has 2 heterocycles.